The Morgan fingerprint density at radius 1 is 1.18 bits per heavy atom. The number of halogens is 4. The molecular weight excluding hydrogens is 395 g/mol. The number of nitrogens with zero attached hydrogens (tertiary/aromatic N) is 1. The van der Waals surface area contributed by atoms with E-state index < -0.39 is 12.8 Å². The number of ketones is 1. The number of carbonyl (C=O) groups excluding carboxylic acids is 1. The maximum Gasteiger partial charge on any atom is 0.422 e. The van der Waals surface area contributed by atoms with Gasteiger partial charge in [-0.3, -0.25) is 4.79 Å². The Labute approximate surface area is 163 Å². The lowest BCUT2D eigenvalue weighted by molar-refractivity contribution is -0.154. The van der Waals surface area contributed by atoms with E-state index in [0.29, 0.717) is 27.5 Å². The third-order valence-corrected chi connectivity index (χ3v) is 4.07. The second-order valence-electron chi connectivity index (χ2n) is 6.12. The third kappa shape index (κ3) is 5.13. The molecule has 0 saturated heterocycles. The van der Waals surface area contributed by atoms with Crippen LogP contribution in [0.2, 0.25) is 5.02 Å². The van der Waals surface area contributed by atoms with E-state index >= 15 is 0 Å². The molecule has 1 aromatic carbocycles. The SMILES string of the molecule is Cc1ccc(C(=O)Cc2cnc(OCC(F)(F)F)c(-c3ccc(Cl)cc3)c2)o1. The molecule has 0 amide bonds. The molecule has 0 aliphatic rings. The van der Waals surface area contributed by atoms with Crippen molar-refractivity contribution < 1.29 is 27.1 Å². The summed E-state index contributed by atoms with van der Waals surface area (Å²) >= 11 is 5.88. The number of rotatable bonds is 6. The summed E-state index contributed by atoms with van der Waals surface area (Å²) in [5.74, 6) is 0.382. The van der Waals surface area contributed by atoms with E-state index in [2.05, 4.69) is 4.98 Å². The van der Waals surface area contributed by atoms with Gasteiger partial charge in [-0.05, 0) is 48.4 Å². The van der Waals surface area contributed by atoms with Gasteiger partial charge in [-0.25, -0.2) is 4.98 Å². The van der Waals surface area contributed by atoms with Crippen molar-refractivity contribution in [3.05, 3.63) is 70.8 Å². The number of furan rings is 1. The molecule has 0 atom stereocenters. The zero-order chi connectivity index (χ0) is 20.3. The molecule has 0 aliphatic carbocycles. The molecule has 3 aromatic rings. The van der Waals surface area contributed by atoms with Gasteiger partial charge in [0.2, 0.25) is 11.7 Å². The number of alkyl halides is 3. The molecule has 4 nitrogen and oxygen atoms in total. The summed E-state index contributed by atoms with van der Waals surface area (Å²) in [6.07, 6.45) is -3.19. The topological polar surface area (TPSA) is 52.3 Å². The highest BCUT2D eigenvalue weighted by atomic mass is 35.5. The molecular formula is C20H15ClF3NO3. The fraction of sp³-hybridized carbons (Fsp3) is 0.200. The predicted octanol–water partition coefficient (Wildman–Crippen LogP) is 5.67. The standard InChI is InChI=1S/C20H15ClF3NO3/c1-12-2-7-18(28-12)17(26)9-13-8-16(14-3-5-15(21)6-4-14)19(25-10-13)27-11-20(22,23)24/h2-8,10H,9,11H2,1H3. The van der Waals surface area contributed by atoms with Gasteiger partial charge in [-0.2, -0.15) is 13.2 Å². The number of pyridine rings is 1. The highest BCUT2D eigenvalue weighted by Crippen LogP contribution is 2.31. The van der Waals surface area contributed by atoms with Crippen molar-refractivity contribution in [2.24, 2.45) is 0 Å². The van der Waals surface area contributed by atoms with E-state index in [1.54, 1.807) is 49.4 Å². The van der Waals surface area contributed by atoms with Crippen LogP contribution in [0, 0.1) is 6.92 Å². The first-order valence-corrected chi connectivity index (χ1v) is 8.63. The highest BCUT2D eigenvalue weighted by Gasteiger charge is 2.29. The summed E-state index contributed by atoms with van der Waals surface area (Å²) in [6.45, 7) is 0.258. The monoisotopic (exact) mass is 409 g/mol. The Balaban J connectivity index is 1.91. The van der Waals surface area contributed by atoms with Gasteiger partial charge in [0.15, 0.2) is 12.4 Å². The van der Waals surface area contributed by atoms with Crippen LogP contribution in [0.1, 0.15) is 21.9 Å². The second-order valence-corrected chi connectivity index (χ2v) is 6.55. The van der Waals surface area contributed by atoms with Gasteiger partial charge in [-0.15, -0.1) is 0 Å². The van der Waals surface area contributed by atoms with Crippen molar-refractivity contribution in [3.63, 3.8) is 0 Å². The largest absolute Gasteiger partial charge is 0.468 e. The highest BCUT2D eigenvalue weighted by molar-refractivity contribution is 6.30. The maximum atomic E-state index is 12.5. The fourth-order valence-electron chi connectivity index (χ4n) is 2.55. The molecule has 2 aromatic heterocycles. The number of benzene rings is 1. The smallest absolute Gasteiger partial charge is 0.422 e. The summed E-state index contributed by atoms with van der Waals surface area (Å²) in [5.41, 5.74) is 1.42. The van der Waals surface area contributed by atoms with Gasteiger partial charge < -0.3 is 9.15 Å². The molecule has 28 heavy (non-hydrogen) atoms. The summed E-state index contributed by atoms with van der Waals surface area (Å²) < 4.78 is 47.8. The number of aryl methyl sites for hydroxylation is 1. The first kappa shape index (κ1) is 19.9. The third-order valence-electron chi connectivity index (χ3n) is 3.82. The average molecular weight is 410 g/mol. The lowest BCUT2D eigenvalue weighted by Crippen LogP contribution is -2.20. The molecule has 0 N–H and O–H groups in total. The van der Waals surface area contributed by atoms with Crippen molar-refractivity contribution in [1.29, 1.82) is 0 Å². The predicted molar refractivity (Wildman–Crippen MR) is 97.7 cm³/mol. The van der Waals surface area contributed by atoms with Gasteiger partial charge in [0, 0.05) is 23.2 Å². The van der Waals surface area contributed by atoms with Gasteiger partial charge in [0.05, 0.1) is 0 Å². The zero-order valence-corrected chi connectivity index (χ0v) is 15.5. The summed E-state index contributed by atoms with van der Waals surface area (Å²) in [5, 5.41) is 0.481. The Morgan fingerprint density at radius 3 is 2.50 bits per heavy atom. The normalized spacial score (nSPS) is 11.5. The lowest BCUT2D eigenvalue weighted by atomic mass is 10.0. The zero-order valence-electron chi connectivity index (χ0n) is 14.7. The molecule has 0 bridgehead atoms. The number of hydrogen-bond acceptors (Lipinski definition) is 4. The van der Waals surface area contributed by atoms with E-state index in [-0.39, 0.29) is 23.8 Å². The molecule has 2 heterocycles. The van der Waals surface area contributed by atoms with Crippen LogP contribution in [-0.4, -0.2) is 23.6 Å². The minimum atomic E-state index is -4.50. The second kappa shape index (κ2) is 8.06. The van der Waals surface area contributed by atoms with E-state index in [1.165, 1.54) is 6.20 Å². The van der Waals surface area contributed by atoms with Crippen molar-refractivity contribution in [2.45, 2.75) is 19.5 Å². The van der Waals surface area contributed by atoms with Crippen LogP contribution < -0.4 is 4.74 Å². The lowest BCUT2D eigenvalue weighted by Gasteiger charge is -2.13. The van der Waals surface area contributed by atoms with Gasteiger partial charge >= 0.3 is 6.18 Å². The van der Waals surface area contributed by atoms with Crippen molar-refractivity contribution >= 4 is 17.4 Å². The molecule has 0 radical (unpaired) electrons. The molecule has 0 spiro atoms. The maximum absolute atomic E-state index is 12.5. The quantitative estimate of drug-likeness (QED) is 0.492. The van der Waals surface area contributed by atoms with Crippen molar-refractivity contribution in [2.75, 3.05) is 6.61 Å². The first-order valence-electron chi connectivity index (χ1n) is 8.25. The van der Waals surface area contributed by atoms with Crippen LogP contribution in [0.3, 0.4) is 0 Å². The molecule has 146 valence electrons. The Morgan fingerprint density at radius 2 is 1.89 bits per heavy atom. The van der Waals surface area contributed by atoms with E-state index in [0.717, 1.165) is 0 Å². The summed E-state index contributed by atoms with van der Waals surface area (Å²) in [4.78, 5) is 16.3. The number of carbonyl (C=O) groups is 1. The molecule has 0 unspecified atom stereocenters. The van der Waals surface area contributed by atoms with Crippen LogP contribution in [0.25, 0.3) is 11.1 Å². The minimum Gasteiger partial charge on any atom is -0.468 e. The van der Waals surface area contributed by atoms with Crippen LogP contribution in [0.4, 0.5) is 13.2 Å². The van der Waals surface area contributed by atoms with Crippen molar-refractivity contribution in [3.8, 4) is 17.0 Å². The summed E-state index contributed by atoms with van der Waals surface area (Å²) in [6, 6.07) is 11.3. The molecule has 8 heteroatoms. The van der Waals surface area contributed by atoms with Gasteiger partial charge in [-0.1, -0.05) is 23.7 Å². The molecule has 0 fully saturated rings. The summed E-state index contributed by atoms with van der Waals surface area (Å²) in [7, 11) is 0. The minimum absolute atomic E-state index is 0.0138. The van der Waals surface area contributed by atoms with E-state index in [9.17, 15) is 18.0 Å². The van der Waals surface area contributed by atoms with E-state index in [4.69, 9.17) is 20.8 Å². The van der Waals surface area contributed by atoms with Crippen molar-refractivity contribution in [1.82, 2.24) is 4.98 Å². The Bertz CT molecular complexity index is 981. The molecule has 0 saturated carbocycles. The first-order chi connectivity index (χ1) is 13.2. The van der Waals surface area contributed by atoms with Crippen LogP contribution in [0.15, 0.2) is 53.1 Å². The molecule has 3 rings (SSSR count). The van der Waals surface area contributed by atoms with Gasteiger partial charge in [0.25, 0.3) is 0 Å². The Hall–Kier alpha value is -2.80. The molecule has 0 aliphatic heterocycles. The average Bonchev–Trinajstić information content (AvgIpc) is 3.07. The van der Waals surface area contributed by atoms with Crippen LogP contribution >= 0.6 is 11.6 Å². The number of Topliss-reactive ketones (excluding diaryl/α,β-unsaturated/α-hetero) is 1. The van der Waals surface area contributed by atoms with Gasteiger partial charge in [0.1, 0.15) is 5.76 Å². The fourth-order valence-corrected chi connectivity index (χ4v) is 2.68. The van der Waals surface area contributed by atoms with Crippen LogP contribution in [-0.2, 0) is 6.42 Å². The van der Waals surface area contributed by atoms with E-state index in [1.807, 2.05) is 0 Å². The number of aromatic nitrogens is 1. The number of hydrogen-bond donors (Lipinski definition) is 0. The van der Waals surface area contributed by atoms with Crippen LogP contribution in [0.5, 0.6) is 5.88 Å². The number of ether oxygens (including phenoxy) is 1. The Kier molecular flexibility index (Phi) is 5.74.